The third-order valence-electron chi connectivity index (χ3n) is 4.60. The normalized spacial score (nSPS) is 20.1. The molecule has 3 N–H and O–H groups in total. The maximum absolute atomic E-state index is 5.70. The average molecular weight is 345 g/mol. The van der Waals surface area contributed by atoms with Gasteiger partial charge in [-0.1, -0.05) is 60.1 Å². The second kappa shape index (κ2) is 11.2. The summed E-state index contributed by atoms with van der Waals surface area (Å²) in [6, 6.07) is 20.9. The van der Waals surface area contributed by atoms with Gasteiger partial charge in [-0.25, -0.2) is 0 Å². The van der Waals surface area contributed by atoms with Crippen molar-refractivity contribution in [1.82, 2.24) is 5.32 Å². The summed E-state index contributed by atoms with van der Waals surface area (Å²) in [5.41, 5.74) is 7.13. The van der Waals surface area contributed by atoms with E-state index >= 15 is 0 Å². The molecule has 1 aliphatic carbocycles. The van der Waals surface area contributed by atoms with Crippen LogP contribution in [0.2, 0.25) is 5.02 Å². The first-order valence-electron chi connectivity index (χ1n) is 8.96. The fourth-order valence-corrected chi connectivity index (χ4v) is 3.23. The molecule has 0 amide bonds. The summed E-state index contributed by atoms with van der Waals surface area (Å²) in [6.07, 6.45) is 6.35. The average Bonchev–Trinajstić information content (AvgIpc) is 2.64. The molecular formula is C21H29ClN2. The number of halogens is 1. The van der Waals surface area contributed by atoms with E-state index < -0.39 is 0 Å². The molecule has 0 bridgehead atoms. The molecule has 24 heavy (non-hydrogen) atoms. The minimum atomic E-state index is 0.724. The maximum Gasteiger partial charge on any atom is 0.0405 e. The van der Waals surface area contributed by atoms with Crippen LogP contribution in [0.3, 0.4) is 0 Å². The van der Waals surface area contributed by atoms with Crippen LogP contribution < -0.4 is 11.1 Å². The second-order valence-corrected chi connectivity index (χ2v) is 6.88. The Morgan fingerprint density at radius 1 is 0.875 bits per heavy atom. The molecule has 1 aliphatic rings. The van der Waals surface area contributed by atoms with Gasteiger partial charge >= 0.3 is 0 Å². The molecule has 0 aliphatic heterocycles. The third kappa shape index (κ3) is 7.48. The Morgan fingerprint density at radius 2 is 1.46 bits per heavy atom. The monoisotopic (exact) mass is 344 g/mol. The Labute approximate surface area is 151 Å². The van der Waals surface area contributed by atoms with Crippen LogP contribution in [0.15, 0.2) is 60.7 Å². The Bertz CT molecular complexity index is 536. The summed E-state index contributed by atoms with van der Waals surface area (Å²) in [4.78, 5) is 0. The first-order valence-corrected chi connectivity index (χ1v) is 9.33. The zero-order valence-electron chi connectivity index (χ0n) is 14.3. The highest BCUT2D eigenvalue weighted by molar-refractivity contribution is 6.30. The lowest BCUT2D eigenvalue weighted by Crippen LogP contribution is -2.35. The van der Waals surface area contributed by atoms with Crippen molar-refractivity contribution in [2.24, 2.45) is 11.7 Å². The molecule has 3 rings (SSSR count). The van der Waals surface area contributed by atoms with Gasteiger partial charge in [0.25, 0.3) is 0 Å². The summed E-state index contributed by atoms with van der Waals surface area (Å²) in [5.74, 6) is 0.780. The van der Waals surface area contributed by atoms with E-state index in [0.29, 0.717) is 0 Å². The van der Waals surface area contributed by atoms with Crippen LogP contribution in [-0.4, -0.2) is 19.1 Å². The number of nitrogens with two attached hydrogens (primary N) is 1. The Hall–Kier alpha value is -1.35. The quantitative estimate of drug-likeness (QED) is 0.826. The van der Waals surface area contributed by atoms with Crippen molar-refractivity contribution in [1.29, 1.82) is 0 Å². The van der Waals surface area contributed by atoms with Gasteiger partial charge < -0.3 is 11.1 Å². The van der Waals surface area contributed by atoms with Crippen molar-refractivity contribution >= 4 is 11.6 Å². The van der Waals surface area contributed by atoms with Gasteiger partial charge in [-0.2, -0.15) is 0 Å². The Balaban J connectivity index is 0.000000249. The van der Waals surface area contributed by atoms with Crippen molar-refractivity contribution in [3.05, 3.63) is 71.2 Å². The van der Waals surface area contributed by atoms with Crippen LogP contribution in [0, 0.1) is 5.92 Å². The minimum absolute atomic E-state index is 0.724. The number of hydrogen-bond acceptors (Lipinski definition) is 2. The van der Waals surface area contributed by atoms with Crippen molar-refractivity contribution < 1.29 is 0 Å². The molecule has 1 fully saturated rings. The fourth-order valence-electron chi connectivity index (χ4n) is 3.08. The SMILES string of the molecule is Clc1ccccc1.NCC1CCC(NCCc2ccccc2)CC1. The van der Waals surface area contributed by atoms with Crippen LogP contribution in [0.1, 0.15) is 31.2 Å². The lowest BCUT2D eigenvalue weighted by Gasteiger charge is -2.28. The molecule has 0 heterocycles. The highest BCUT2D eigenvalue weighted by Crippen LogP contribution is 2.23. The smallest absolute Gasteiger partial charge is 0.0405 e. The zero-order valence-corrected chi connectivity index (χ0v) is 15.1. The van der Waals surface area contributed by atoms with Gasteiger partial charge in [-0.3, -0.25) is 0 Å². The second-order valence-electron chi connectivity index (χ2n) is 6.44. The van der Waals surface area contributed by atoms with E-state index in [-0.39, 0.29) is 0 Å². The van der Waals surface area contributed by atoms with Crippen molar-refractivity contribution in [2.45, 2.75) is 38.1 Å². The predicted octanol–water partition coefficient (Wildman–Crippen LogP) is 4.68. The molecule has 0 atom stereocenters. The van der Waals surface area contributed by atoms with Gasteiger partial charge in [0.1, 0.15) is 0 Å². The highest BCUT2D eigenvalue weighted by atomic mass is 35.5. The van der Waals surface area contributed by atoms with Crippen molar-refractivity contribution in [3.8, 4) is 0 Å². The van der Waals surface area contributed by atoms with Gasteiger partial charge in [0.2, 0.25) is 0 Å². The van der Waals surface area contributed by atoms with Gasteiger partial charge in [0, 0.05) is 11.1 Å². The van der Waals surface area contributed by atoms with E-state index in [0.717, 1.165) is 36.5 Å². The topological polar surface area (TPSA) is 38.0 Å². The van der Waals surface area contributed by atoms with Gasteiger partial charge in [0.05, 0.1) is 0 Å². The molecule has 0 unspecified atom stereocenters. The van der Waals surface area contributed by atoms with E-state index in [2.05, 4.69) is 35.6 Å². The van der Waals surface area contributed by atoms with E-state index in [9.17, 15) is 0 Å². The summed E-state index contributed by atoms with van der Waals surface area (Å²) in [7, 11) is 0. The lowest BCUT2D eigenvalue weighted by atomic mass is 9.86. The highest BCUT2D eigenvalue weighted by Gasteiger charge is 2.19. The maximum atomic E-state index is 5.70. The number of benzene rings is 2. The van der Waals surface area contributed by atoms with Crippen LogP contribution in [0.5, 0.6) is 0 Å². The van der Waals surface area contributed by atoms with E-state index in [1.165, 1.54) is 31.2 Å². The van der Waals surface area contributed by atoms with Crippen molar-refractivity contribution in [2.75, 3.05) is 13.1 Å². The van der Waals surface area contributed by atoms with Crippen LogP contribution >= 0.6 is 11.6 Å². The molecule has 0 radical (unpaired) electrons. The van der Waals surface area contributed by atoms with E-state index in [4.69, 9.17) is 17.3 Å². The molecule has 0 aromatic heterocycles. The predicted molar refractivity (Wildman–Crippen MR) is 104 cm³/mol. The molecule has 130 valence electrons. The molecule has 1 saturated carbocycles. The van der Waals surface area contributed by atoms with Crippen LogP contribution in [-0.2, 0) is 6.42 Å². The van der Waals surface area contributed by atoms with Gasteiger partial charge in [-0.15, -0.1) is 0 Å². The lowest BCUT2D eigenvalue weighted by molar-refractivity contribution is 0.298. The third-order valence-corrected chi connectivity index (χ3v) is 4.85. The van der Waals surface area contributed by atoms with Crippen LogP contribution in [0.25, 0.3) is 0 Å². The molecule has 3 heteroatoms. The fraction of sp³-hybridized carbons (Fsp3) is 0.429. The Morgan fingerprint density at radius 3 is 1.96 bits per heavy atom. The van der Waals surface area contributed by atoms with Gasteiger partial charge in [0.15, 0.2) is 0 Å². The molecule has 2 aromatic carbocycles. The molecular weight excluding hydrogens is 316 g/mol. The molecule has 2 nitrogen and oxygen atoms in total. The summed E-state index contributed by atoms with van der Waals surface area (Å²) in [5, 5.41) is 4.47. The standard InChI is InChI=1S/C15H24N2.C6H5Cl/c16-12-14-6-8-15(9-7-14)17-11-10-13-4-2-1-3-5-13;7-6-4-2-1-3-5-6/h1-5,14-15,17H,6-12,16H2;1-5H. The largest absolute Gasteiger partial charge is 0.330 e. The molecule has 2 aromatic rings. The Kier molecular flexibility index (Phi) is 8.90. The number of nitrogens with one attached hydrogen (secondary N) is 1. The van der Waals surface area contributed by atoms with Crippen LogP contribution in [0.4, 0.5) is 0 Å². The zero-order chi connectivity index (χ0) is 17.0. The molecule has 0 spiro atoms. The number of rotatable bonds is 5. The summed E-state index contributed by atoms with van der Waals surface area (Å²) < 4.78 is 0. The number of hydrogen-bond donors (Lipinski definition) is 2. The van der Waals surface area contributed by atoms with Gasteiger partial charge in [-0.05, 0) is 68.8 Å². The summed E-state index contributed by atoms with van der Waals surface area (Å²) in [6.45, 7) is 1.97. The molecule has 0 saturated heterocycles. The first-order chi connectivity index (χ1) is 11.8. The summed E-state index contributed by atoms with van der Waals surface area (Å²) >= 11 is 5.54. The first kappa shape index (κ1) is 19.0. The minimum Gasteiger partial charge on any atom is -0.330 e. The van der Waals surface area contributed by atoms with E-state index in [1.807, 2.05) is 30.3 Å². The van der Waals surface area contributed by atoms with Crippen molar-refractivity contribution in [3.63, 3.8) is 0 Å². The van der Waals surface area contributed by atoms with E-state index in [1.54, 1.807) is 0 Å².